The number of nitrogens with zero attached hydrogens (tertiary/aromatic N) is 4. The minimum absolute atomic E-state index is 0.377. The van der Waals surface area contributed by atoms with Crippen molar-refractivity contribution in [3.8, 4) is 5.88 Å². The Hall–Kier alpha value is -1.01. The largest absolute Gasteiger partial charge is 0.479 e. The first-order valence-electron chi connectivity index (χ1n) is 7.21. The van der Waals surface area contributed by atoms with Crippen LogP contribution in [-0.2, 0) is 5.88 Å². The van der Waals surface area contributed by atoms with Crippen molar-refractivity contribution in [1.82, 2.24) is 19.5 Å². The van der Waals surface area contributed by atoms with Gasteiger partial charge in [0, 0.05) is 11.3 Å². The fourth-order valence-electron chi connectivity index (χ4n) is 3.10. The number of imidazole rings is 1. The second-order valence-corrected chi connectivity index (χ2v) is 6.98. The van der Waals surface area contributed by atoms with Crippen LogP contribution in [0.1, 0.15) is 38.1 Å². The third-order valence-electron chi connectivity index (χ3n) is 3.95. The van der Waals surface area contributed by atoms with Gasteiger partial charge in [-0.15, -0.1) is 11.6 Å². The van der Waals surface area contributed by atoms with Crippen LogP contribution in [-0.4, -0.2) is 37.6 Å². The van der Waals surface area contributed by atoms with Crippen molar-refractivity contribution in [3.05, 3.63) is 12.2 Å². The van der Waals surface area contributed by atoms with Gasteiger partial charge in [-0.25, -0.2) is 9.97 Å². The van der Waals surface area contributed by atoms with Crippen LogP contribution in [0, 0.1) is 0 Å². The molecule has 0 aliphatic heterocycles. The van der Waals surface area contributed by atoms with Crippen LogP contribution in [0.5, 0.6) is 5.88 Å². The SMILES string of the molecule is CCSC1CCC(n2c(CCl)nc3c(OC)ncnc32)C1. The Morgan fingerprint density at radius 2 is 2.29 bits per heavy atom. The van der Waals surface area contributed by atoms with Gasteiger partial charge in [-0.1, -0.05) is 6.92 Å². The van der Waals surface area contributed by atoms with Crippen molar-refractivity contribution in [2.45, 2.75) is 43.4 Å². The molecule has 0 saturated heterocycles. The van der Waals surface area contributed by atoms with Gasteiger partial charge in [0.05, 0.1) is 13.0 Å². The van der Waals surface area contributed by atoms with Crippen LogP contribution >= 0.6 is 23.4 Å². The number of halogens is 1. The molecule has 0 radical (unpaired) electrons. The van der Waals surface area contributed by atoms with E-state index in [4.69, 9.17) is 16.3 Å². The lowest BCUT2D eigenvalue weighted by Gasteiger charge is -2.15. The standard InChI is InChI=1S/C14H19ClN4OS/c1-3-21-10-5-4-9(6-10)19-11(7-15)18-12-13(19)16-8-17-14(12)20-2/h8-10H,3-7H2,1-2H3. The summed E-state index contributed by atoms with van der Waals surface area (Å²) in [6.45, 7) is 2.22. The van der Waals surface area contributed by atoms with Gasteiger partial charge < -0.3 is 9.30 Å². The summed E-state index contributed by atoms with van der Waals surface area (Å²) in [5, 5.41) is 0.726. The lowest BCUT2D eigenvalue weighted by Crippen LogP contribution is -2.10. The average Bonchev–Trinajstić information content (AvgIpc) is 3.10. The number of ether oxygens (including phenoxy) is 1. The van der Waals surface area contributed by atoms with E-state index in [9.17, 15) is 0 Å². The van der Waals surface area contributed by atoms with Crippen LogP contribution in [0.4, 0.5) is 0 Å². The summed E-state index contributed by atoms with van der Waals surface area (Å²) in [5.74, 6) is 2.92. The van der Waals surface area contributed by atoms with E-state index in [1.165, 1.54) is 18.5 Å². The number of rotatable bonds is 5. The summed E-state index contributed by atoms with van der Waals surface area (Å²) < 4.78 is 7.49. The van der Waals surface area contributed by atoms with E-state index >= 15 is 0 Å². The number of methoxy groups -OCH3 is 1. The highest BCUT2D eigenvalue weighted by molar-refractivity contribution is 7.99. The fraction of sp³-hybridized carbons (Fsp3) is 0.643. The van der Waals surface area contributed by atoms with Crippen molar-refractivity contribution >= 4 is 34.5 Å². The molecule has 2 unspecified atom stereocenters. The van der Waals surface area contributed by atoms with Gasteiger partial charge in [0.2, 0.25) is 5.88 Å². The summed E-state index contributed by atoms with van der Waals surface area (Å²) in [7, 11) is 1.60. The van der Waals surface area contributed by atoms with E-state index in [1.807, 2.05) is 11.8 Å². The maximum atomic E-state index is 6.10. The molecule has 2 atom stereocenters. The monoisotopic (exact) mass is 326 g/mol. The summed E-state index contributed by atoms with van der Waals surface area (Å²) >= 11 is 8.14. The summed E-state index contributed by atoms with van der Waals surface area (Å²) in [6, 6.07) is 0.424. The quantitative estimate of drug-likeness (QED) is 0.788. The molecule has 7 heteroatoms. The van der Waals surface area contributed by atoms with E-state index in [-0.39, 0.29) is 0 Å². The van der Waals surface area contributed by atoms with Gasteiger partial charge in [-0.2, -0.15) is 16.7 Å². The maximum Gasteiger partial charge on any atom is 0.245 e. The minimum atomic E-state index is 0.377. The molecule has 0 aromatic carbocycles. The van der Waals surface area contributed by atoms with E-state index in [2.05, 4.69) is 26.4 Å². The second-order valence-electron chi connectivity index (χ2n) is 5.13. The molecule has 21 heavy (non-hydrogen) atoms. The van der Waals surface area contributed by atoms with E-state index in [0.29, 0.717) is 23.3 Å². The molecule has 0 amide bonds. The van der Waals surface area contributed by atoms with Crippen molar-refractivity contribution in [2.75, 3.05) is 12.9 Å². The van der Waals surface area contributed by atoms with Gasteiger partial charge in [0.25, 0.3) is 0 Å². The minimum Gasteiger partial charge on any atom is -0.479 e. The lowest BCUT2D eigenvalue weighted by atomic mass is 10.2. The summed E-state index contributed by atoms with van der Waals surface area (Å²) in [5.41, 5.74) is 1.55. The second kappa shape index (κ2) is 6.40. The number of hydrogen-bond acceptors (Lipinski definition) is 5. The smallest absolute Gasteiger partial charge is 0.245 e. The number of hydrogen-bond donors (Lipinski definition) is 0. The zero-order chi connectivity index (χ0) is 14.8. The molecule has 0 N–H and O–H groups in total. The lowest BCUT2D eigenvalue weighted by molar-refractivity contribution is 0.401. The molecule has 2 aromatic heterocycles. The normalized spacial score (nSPS) is 22.0. The van der Waals surface area contributed by atoms with Crippen LogP contribution in [0.25, 0.3) is 11.2 Å². The van der Waals surface area contributed by atoms with Crippen molar-refractivity contribution in [3.63, 3.8) is 0 Å². The zero-order valence-electron chi connectivity index (χ0n) is 12.3. The molecule has 2 aromatic rings. The number of thioether (sulfide) groups is 1. The van der Waals surface area contributed by atoms with Gasteiger partial charge in [-0.05, 0) is 25.0 Å². The fourth-order valence-corrected chi connectivity index (χ4v) is 4.42. The highest BCUT2D eigenvalue weighted by atomic mass is 35.5. The number of fused-ring (bicyclic) bond motifs is 1. The first-order valence-corrected chi connectivity index (χ1v) is 8.80. The highest BCUT2D eigenvalue weighted by Crippen LogP contribution is 2.39. The predicted molar refractivity (Wildman–Crippen MR) is 86.2 cm³/mol. The van der Waals surface area contributed by atoms with Gasteiger partial charge >= 0.3 is 0 Å². The molecule has 0 bridgehead atoms. The van der Waals surface area contributed by atoms with E-state index in [1.54, 1.807) is 7.11 Å². The number of alkyl halides is 1. The highest BCUT2D eigenvalue weighted by Gasteiger charge is 2.29. The van der Waals surface area contributed by atoms with E-state index in [0.717, 1.165) is 29.6 Å². The molecule has 0 spiro atoms. The van der Waals surface area contributed by atoms with Gasteiger partial charge in [0.15, 0.2) is 11.2 Å². The summed E-state index contributed by atoms with van der Waals surface area (Å²) in [6.07, 6.45) is 5.08. The summed E-state index contributed by atoms with van der Waals surface area (Å²) in [4.78, 5) is 13.1. The third-order valence-corrected chi connectivity index (χ3v) is 5.43. The molecule has 1 aliphatic carbocycles. The molecule has 2 heterocycles. The molecule has 1 aliphatic rings. The average molecular weight is 327 g/mol. The van der Waals surface area contributed by atoms with Gasteiger partial charge in [-0.3, -0.25) is 0 Å². The molecule has 1 fully saturated rings. The zero-order valence-corrected chi connectivity index (χ0v) is 13.8. The van der Waals surface area contributed by atoms with Crippen molar-refractivity contribution < 1.29 is 4.74 Å². The maximum absolute atomic E-state index is 6.10. The number of aromatic nitrogens is 4. The van der Waals surface area contributed by atoms with Crippen LogP contribution in [0.3, 0.4) is 0 Å². The Balaban J connectivity index is 2.01. The Morgan fingerprint density at radius 3 is 3.00 bits per heavy atom. The Bertz CT molecular complexity index is 633. The third kappa shape index (κ3) is 2.71. The van der Waals surface area contributed by atoms with E-state index < -0.39 is 0 Å². The Labute approximate surface area is 133 Å². The first kappa shape index (κ1) is 14.9. The van der Waals surface area contributed by atoms with Crippen molar-refractivity contribution in [1.29, 1.82) is 0 Å². The molecule has 5 nitrogen and oxygen atoms in total. The topological polar surface area (TPSA) is 52.8 Å². The van der Waals surface area contributed by atoms with Crippen LogP contribution in [0.2, 0.25) is 0 Å². The van der Waals surface area contributed by atoms with Crippen LogP contribution < -0.4 is 4.74 Å². The molecular weight excluding hydrogens is 308 g/mol. The Kier molecular flexibility index (Phi) is 4.54. The Morgan fingerprint density at radius 1 is 1.43 bits per heavy atom. The first-order chi connectivity index (χ1) is 10.3. The molecular formula is C14H19ClN4OS. The van der Waals surface area contributed by atoms with Crippen LogP contribution in [0.15, 0.2) is 6.33 Å². The predicted octanol–water partition coefficient (Wildman–Crippen LogP) is 3.42. The molecule has 3 rings (SSSR count). The van der Waals surface area contributed by atoms with Gasteiger partial charge in [0.1, 0.15) is 12.2 Å². The molecule has 114 valence electrons. The van der Waals surface area contributed by atoms with Crippen molar-refractivity contribution in [2.24, 2.45) is 0 Å². The molecule has 1 saturated carbocycles.